The molecule has 2 amide bonds. The largest absolute Gasteiger partial charge is 0.269 e. The number of benzene rings is 2. The molecule has 0 radical (unpaired) electrons. The van der Waals surface area contributed by atoms with E-state index >= 15 is 0 Å². The van der Waals surface area contributed by atoms with Gasteiger partial charge in [-0.05, 0) is 36.4 Å². The minimum atomic E-state index is -3.66. The third-order valence-electron chi connectivity index (χ3n) is 3.25. The predicted molar refractivity (Wildman–Crippen MR) is 93.7 cm³/mol. The molecule has 0 bridgehead atoms. The van der Waals surface area contributed by atoms with Gasteiger partial charge in [-0.3, -0.25) is 20.4 Å². The van der Waals surface area contributed by atoms with Gasteiger partial charge < -0.3 is 0 Å². The van der Waals surface area contributed by atoms with Gasteiger partial charge in [0, 0.05) is 30.2 Å². The Hall–Kier alpha value is -2.42. The highest BCUT2D eigenvalue weighted by Crippen LogP contribution is 2.15. The Kier molecular flexibility index (Phi) is 5.78. The molecule has 0 unspecified atom stereocenters. The molecule has 0 aliphatic carbocycles. The topological polar surface area (TPSA) is 95.6 Å². The SMILES string of the molecule is CN(C)S(=O)(=O)c1cccc(C(=O)NNC(=O)c2cccc(Cl)c2)c1. The minimum Gasteiger partial charge on any atom is -0.267 e. The highest BCUT2D eigenvalue weighted by Gasteiger charge is 2.19. The normalized spacial score (nSPS) is 11.2. The molecule has 2 rings (SSSR count). The summed E-state index contributed by atoms with van der Waals surface area (Å²) in [5, 5.41) is 0.389. The zero-order valence-electron chi connectivity index (χ0n) is 13.5. The molecule has 0 fully saturated rings. The molecule has 7 nitrogen and oxygen atoms in total. The summed E-state index contributed by atoms with van der Waals surface area (Å²) in [6.45, 7) is 0. The summed E-state index contributed by atoms with van der Waals surface area (Å²) < 4.78 is 25.3. The number of carbonyl (C=O) groups is 2. The van der Waals surface area contributed by atoms with Crippen LogP contribution in [0.1, 0.15) is 20.7 Å². The molecule has 2 N–H and O–H groups in total. The lowest BCUT2D eigenvalue weighted by atomic mass is 10.2. The van der Waals surface area contributed by atoms with Gasteiger partial charge in [-0.25, -0.2) is 12.7 Å². The van der Waals surface area contributed by atoms with Gasteiger partial charge in [0.25, 0.3) is 11.8 Å². The predicted octanol–water partition coefficient (Wildman–Crippen LogP) is 1.67. The Morgan fingerprint density at radius 3 is 1.96 bits per heavy atom. The number of rotatable bonds is 4. The summed E-state index contributed by atoms with van der Waals surface area (Å²) >= 11 is 5.80. The molecule has 9 heteroatoms. The molecule has 2 aromatic rings. The summed E-state index contributed by atoms with van der Waals surface area (Å²) in [5.74, 6) is -1.20. The van der Waals surface area contributed by atoms with Crippen LogP contribution in [-0.2, 0) is 10.0 Å². The van der Waals surface area contributed by atoms with E-state index in [0.717, 1.165) is 4.31 Å². The van der Waals surface area contributed by atoms with Crippen LogP contribution in [0, 0.1) is 0 Å². The Bertz CT molecular complexity index is 913. The van der Waals surface area contributed by atoms with Crippen molar-refractivity contribution in [2.75, 3.05) is 14.1 Å². The summed E-state index contributed by atoms with van der Waals surface area (Å²) in [6, 6.07) is 11.7. The van der Waals surface area contributed by atoms with E-state index in [2.05, 4.69) is 10.9 Å². The van der Waals surface area contributed by atoms with Crippen molar-refractivity contribution in [3.63, 3.8) is 0 Å². The zero-order valence-corrected chi connectivity index (χ0v) is 15.1. The lowest BCUT2D eigenvalue weighted by Gasteiger charge is -2.12. The van der Waals surface area contributed by atoms with Crippen molar-refractivity contribution >= 4 is 33.4 Å². The fourth-order valence-electron chi connectivity index (χ4n) is 1.90. The number of halogens is 1. The smallest absolute Gasteiger partial charge is 0.267 e. The standard InChI is InChI=1S/C16H16ClN3O4S/c1-20(2)25(23,24)14-8-4-6-12(10-14)16(22)19-18-15(21)11-5-3-7-13(17)9-11/h3-10H,1-2H3,(H,18,21)(H,19,22). The van der Waals surface area contributed by atoms with E-state index in [9.17, 15) is 18.0 Å². The second-order valence-electron chi connectivity index (χ2n) is 5.23. The first-order valence-corrected chi connectivity index (χ1v) is 8.92. The van der Waals surface area contributed by atoms with Crippen molar-refractivity contribution < 1.29 is 18.0 Å². The maximum absolute atomic E-state index is 12.1. The monoisotopic (exact) mass is 381 g/mol. The van der Waals surface area contributed by atoms with Gasteiger partial charge in [-0.15, -0.1) is 0 Å². The number of nitrogens with one attached hydrogen (secondary N) is 2. The first-order chi connectivity index (χ1) is 11.7. The van der Waals surface area contributed by atoms with E-state index in [4.69, 9.17) is 11.6 Å². The first-order valence-electron chi connectivity index (χ1n) is 7.10. The van der Waals surface area contributed by atoms with Gasteiger partial charge in [0.1, 0.15) is 0 Å². The third kappa shape index (κ3) is 4.56. The molecule has 25 heavy (non-hydrogen) atoms. The van der Waals surface area contributed by atoms with Crippen LogP contribution in [0.4, 0.5) is 0 Å². The van der Waals surface area contributed by atoms with E-state index in [-0.39, 0.29) is 16.0 Å². The van der Waals surface area contributed by atoms with Gasteiger partial charge in [0.05, 0.1) is 4.90 Å². The lowest BCUT2D eigenvalue weighted by molar-refractivity contribution is 0.0846. The molecule has 0 spiro atoms. The number of sulfonamides is 1. The molecular formula is C16H16ClN3O4S. The third-order valence-corrected chi connectivity index (χ3v) is 5.30. The van der Waals surface area contributed by atoms with Gasteiger partial charge >= 0.3 is 0 Å². The van der Waals surface area contributed by atoms with Gasteiger partial charge in [-0.2, -0.15) is 0 Å². The molecule has 2 aromatic carbocycles. The van der Waals surface area contributed by atoms with Crippen LogP contribution in [0.5, 0.6) is 0 Å². The Morgan fingerprint density at radius 1 is 0.920 bits per heavy atom. The number of amides is 2. The summed E-state index contributed by atoms with van der Waals surface area (Å²) in [4.78, 5) is 24.1. The molecule has 0 atom stereocenters. The second kappa shape index (κ2) is 7.64. The van der Waals surface area contributed by atoms with E-state index in [1.807, 2.05) is 0 Å². The molecule has 0 aliphatic rings. The fourth-order valence-corrected chi connectivity index (χ4v) is 3.03. The van der Waals surface area contributed by atoms with Crippen LogP contribution in [0.15, 0.2) is 53.4 Å². The van der Waals surface area contributed by atoms with Crippen LogP contribution in [0.2, 0.25) is 5.02 Å². The van der Waals surface area contributed by atoms with E-state index in [1.54, 1.807) is 12.1 Å². The molecule has 0 saturated heterocycles. The van der Waals surface area contributed by atoms with Crippen LogP contribution in [-0.4, -0.2) is 38.6 Å². The van der Waals surface area contributed by atoms with Crippen molar-refractivity contribution in [2.24, 2.45) is 0 Å². The highest BCUT2D eigenvalue weighted by molar-refractivity contribution is 7.89. The molecule has 0 aliphatic heterocycles. The van der Waals surface area contributed by atoms with Crippen LogP contribution < -0.4 is 10.9 Å². The molecule has 0 saturated carbocycles. The maximum Gasteiger partial charge on any atom is 0.269 e. The number of carbonyl (C=O) groups excluding carboxylic acids is 2. The van der Waals surface area contributed by atoms with Crippen molar-refractivity contribution in [1.82, 2.24) is 15.2 Å². The Morgan fingerprint density at radius 2 is 1.44 bits per heavy atom. The second-order valence-corrected chi connectivity index (χ2v) is 7.82. The summed E-state index contributed by atoms with van der Waals surface area (Å²) in [5.41, 5.74) is 4.85. The molecule has 0 aromatic heterocycles. The quantitative estimate of drug-likeness (QED) is 0.787. The van der Waals surface area contributed by atoms with E-state index in [0.29, 0.717) is 5.02 Å². The number of nitrogens with zero attached hydrogens (tertiary/aromatic N) is 1. The highest BCUT2D eigenvalue weighted by atomic mass is 35.5. The van der Waals surface area contributed by atoms with Crippen molar-refractivity contribution in [3.05, 3.63) is 64.7 Å². The Labute approximate surface area is 150 Å². The average molecular weight is 382 g/mol. The fraction of sp³-hybridized carbons (Fsp3) is 0.125. The molecule has 132 valence electrons. The van der Waals surface area contributed by atoms with Crippen molar-refractivity contribution in [1.29, 1.82) is 0 Å². The maximum atomic E-state index is 12.1. The van der Waals surface area contributed by atoms with Crippen LogP contribution in [0.3, 0.4) is 0 Å². The van der Waals surface area contributed by atoms with Crippen LogP contribution >= 0.6 is 11.6 Å². The van der Waals surface area contributed by atoms with E-state index in [1.165, 1.54) is 50.5 Å². The lowest BCUT2D eigenvalue weighted by Crippen LogP contribution is -2.41. The van der Waals surface area contributed by atoms with Gasteiger partial charge in [0.2, 0.25) is 10.0 Å². The van der Waals surface area contributed by atoms with Crippen molar-refractivity contribution in [2.45, 2.75) is 4.90 Å². The molecular weight excluding hydrogens is 366 g/mol. The molecule has 0 heterocycles. The Balaban J connectivity index is 2.10. The summed E-state index contributed by atoms with van der Waals surface area (Å²) in [6.07, 6.45) is 0. The number of hydrogen-bond donors (Lipinski definition) is 2. The number of hydrogen-bond acceptors (Lipinski definition) is 4. The zero-order chi connectivity index (χ0) is 18.6. The van der Waals surface area contributed by atoms with Crippen molar-refractivity contribution in [3.8, 4) is 0 Å². The first kappa shape index (κ1) is 18.9. The average Bonchev–Trinajstić information content (AvgIpc) is 2.59. The van der Waals surface area contributed by atoms with E-state index < -0.39 is 21.8 Å². The summed E-state index contributed by atoms with van der Waals surface area (Å²) in [7, 11) is -0.868. The van der Waals surface area contributed by atoms with Crippen LogP contribution in [0.25, 0.3) is 0 Å². The van der Waals surface area contributed by atoms with Gasteiger partial charge in [0.15, 0.2) is 0 Å². The van der Waals surface area contributed by atoms with Gasteiger partial charge in [-0.1, -0.05) is 23.7 Å². The number of hydrazine groups is 1. The minimum absolute atomic E-state index is 0.0219.